The largest absolute Gasteiger partial charge is 0.416 e. The summed E-state index contributed by atoms with van der Waals surface area (Å²) in [5, 5.41) is 3.06. The lowest BCUT2D eigenvalue weighted by Gasteiger charge is -2.25. The summed E-state index contributed by atoms with van der Waals surface area (Å²) in [5.41, 5.74) is -0.230. The molecule has 114 valence electrons. The summed E-state index contributed by atoms with van der Waals surface area (Å²) in [6, 6.07) is 4.76. The van der Waals surface area contributed by atoms with E-state index < -0.39 is 11.7 Å². The second kappa shape index (κ2) is 6.30. The molecule has 1 unspecified atom stereocenters. The summed E-state index contributed by atoms with van der Waals surface area (Å²) in [7, 11) is 1.60. The van der Waals surface area contributed by atoms with Crippen LogP contribution in [0.3, 0.4) is 0 Å². The van der Waals surface area contributed by atoms with E-state index >= 15 is 0 Å². The minimum Gasteiger partial charge on any atom is -0.340 e. The molecule has 3 nitrogen and oxygen atoms in total. The maximum atomic E-state index is 12.7. The zero-order valence-electron chi connectivity index (χ0n) is 11.7. The fraction of sp³-hybridized carbons (Fsp3) is 0.400. The van der Waals surface area contributed by atoms with Crippen LogP contribution in [0, 0.1) is 0 Å². The molecule has 21 heavy (non-hydrogen) atoms. The van der Waals surface area contributed by atoms with E-state index in [-0.39, 0.29) is 18.5 Å². The smallest absolute Gasteiger partial charge is 0.340 e. The van der Waals surface area contributed by atoms with E-state index in [2.05, 4.69) is 5.32 Å². The third-order valence-electron chi connectivity index (χ3n) is 3.37. The molecule has 1 atom stereocenters. The molecule has 2 rings (SSSR count). The number of rotatable bonds is 3. The number of halogens is 3. The summed E-state index contributed by atoms with van der Waals surface area (Å²) in [6.45, 7) is 0.790. The Kier molecular flexibility index (Phi) is 4.67. The topological polar surface area (TPSA) is 32.3 Å². The fourth-order valence-corrected chi connectivity index (χ4v) is 2.26. The zero-order valence-corrected chi connectivity index (χ0v) is 11.7. The second-order valence-corrected chi connectivity index (χ2v) is 5.06. The second-order valence-electron chi connectivity index (χ2n) is 5.06. The van der Waals surface area contributed by atoms with E-state index in [4.69, 9.17) is 0 Å². The van der Waals surface area contributed by atoms with Gasteiger partial charge in [0.15, 0.2) is 0 Å². The highest BCUT2D eigenvalue weighted by atomic mass is 19.4. The van der Waals surface area contributed by atoms with Gasteiger partial charge >= 0.3 is 6.18 Å². The molecule has 1 aromatic carbocycles. The highest BCUT2D eigenvalue weighted by molar-refractivity contribution is 5.82. The molecule has 1 aromatic rings. The number of benzene rings is 1. The number of nitrogens with zero attached hydrogens (tertiary/aromatic N) is 1. The number of amides is 1. The molecule has 0 spiro atoms. The Morgan fingerprint density at radius 3 is 2.76 bits per heavy atom. The van der Waals surface area contributed by atoms with Crippen LogP contribution in [-0.2, 0) is 17.5 Å². The third kappa shape index (κ3) is 4.07. The summed E-state index contributed by atoms with van der Waals surface area (Å²) >= 11 is 0. The van der Waals surface area contributed by atoms with Crippen molar-refractivity contribution in [3.05, 3.63) is 47.5 Å². The molecule has 6 heteroatoms. The highest BCUT2D eigenvalue weighted by Crippen LogP contribution is 2.29. The normalized spacial score (nSPS) is 18.6. The average molecular weight is 298 g/mol. The molecule has 1 N–H and O–H groups in total. The Morgan fingerprint density at radius 2 is 2.14 bits per heavy atom. The van der Waals surface area contributed by atoms with Crippen LogP contribution in [0.25, 0.3) is 0 Å². The number of alkyl halides is 3. The standard InChI is InChI=1S/C15H17F3N2O/c1-20(14(21)13-7-2-3-8-19-13)10-11-5-4-6-12(9-11)15(16,17)18/h2-6,9,13,19H,7-8,10H2,1H3. The van der Waals surface area contributed by atoms with Gasteiger partial charge in [0.25, 0.3) is 0 Å². The van der Waals surface area contributed by atoms with E-state index in [1.807, 2.05) is 12.2 Å². The van der Waals surface area contributed by atoms with Crippen molar-refractivity contribution in [1.29, 1.82) is 0 Å². The number of hydrogen-bond donors (Lipinski definition) is 1. The van der Waals surface area contributed by atoms with E-state index in [0.29, 0.717) is 18.5 Å². The van der Waals surface area contributed by atoms with Crippen molar-refractivity contribution in [2.24, 2.45) is 0 Å². The quantitative estimate of drug-likeness (QED) is 0.870. The summed E-state index contributed by atoms with van der Waals surface area (Å²) in [4.78, 5) is 13.6. The van der Waals surface area contributed by atoms with E-state index in [1.54, 1.807) is 13.1 Å². The summed E-state index contributed by atoms with van der Waals surface area (Å²) in [6.07, 6.45) is 0.105. The molecule has 0 bridgehead atoms. The molecular formula is C15H17F3N2O. The van der Waals surface area contributed by atoms with Gasteiger partial charge in [0.2, 0.25) is 5.91 Å². The molecular weight excluding hydrogens is 281 g/mol. The minimum atomic E-state index is -4.37. The Bertz CT molecular complexity index is 540. The van der Waals surface area contributed by atoms with Crippen LogP contribution in [0.5, 0.6) is 0 Å². The van der Waals surface area contributed by atoms with Crippen molar-refractivity contribution < 1.29 is 18.0 Å². The van der Waals surface area contributed by atoms with Gasteiger partial charge in [-0.25, -0.2) is 0 Å². The van der Waals surface area contributed by atoms with Crippen molar-refractivity contribution >= 4 is 5.91 Å². The molecule has 1 aliphatic rings. The number of hydrogen-bond acceptors (Lipinski definition) is 2. The monoisotopic (exact) mass is 298 g/mol. The van der Waals surface area contributed by atoms with Gasteiger partial charge in [0, 0.05) is 20.1 Å². The first-order chi connectivity index (χ1) is 9.88. The third-order valence-corrected chi connectivity index (χ3v) is 3.37. The Hall–Kier alpha value is -1.82. The maximum Gasteiger partial charge on any atom is 0.416 e. The van der Waals surface area contributed by atoms with Crippen LogP contribution < -0.4 is 5.32 Å². The van der Waals surface area contributed by atoms with E-state index in [0.717, 1.165) is 12.1 Å². The molecule has 0 aliphatic carbocycles. The molecule has 0 saturated carbocycles. The van der Waals surface area contributed by atoms with Gasteiger partial charge in [-0.05, 0) is 24.1 Å². The van der Waals surface area contributed by atoms with Crippen molar-refractivity contribution in [3.8, 4) is 0 Å². The molecule has 1 aliphatic heterocycles. The lowest BCUT2D eigenvalue weighted by molar-refractivity contribution is -0.137. The average Bonchev–Trinajstić information content (AvgIpc) is 2.47. The Balaban J connectivity index is 2.03. The number of likely N-dealkylation sites (N-methyl/N-ethyl adjacent to an activating group) is 1. The minimum absolute atomic E-state index is 0.114. The molecule has 0 saturated heterocycles. The number of nitrogens with one attached hydrogen (secondary N) is 1. The Morgan fingerprint density at radius 1 is 1.38 bits per heavy atom. The van der Waals surface area contributed by atoms with Gasteiger partial charge in [0.05, 0.1) is 11.6 Å². The number of carbonyl (C=O) groups is 1. The first kappa shape index (κ1) is 15.6. The predicted octanol–water partition coefficient (Wildman–Crippen LogP) is 2.58. The van der Waals surface area contributed by atoms with Crippen LogP contribution in [0.4, 0.5) is 13.2 Å². The summed E-state index contributed by atoms with van der Waals surface area (Å²) < 4.78 is 38.0. The van der Waals surface area contributed by atoms with Crippen molar-refractivity contribution in [2.45, 2.75) is 25.2 Å². The first-order valence-electron chi connectivity index (χ1n) is 6.67. The van der Waals surface area contributed by atoms with Crippen LogP contribution in [0.2, 0.25) is 0 Å². The molecule has 0 fully saturated rings. The van der Waals surface area contributed by atoms with Crippen LogP contribution >= 0.6 is 0 Å². The summed E-state index contributed by atoms with van der Waals surface area (Å²) in [5.74, 6) is -0.114. The fourth-order valence-electron chi connectivity index (χ4n) is 2.26. The molecule has 1 amide bonds. The van der Waals surface area contributed by atoms with Crippen LogP contribution in [0.1, 0.15) is 17.5 Å². The van der Waals surface area contributed by atoms with Crippen LogP contribution in [-0.4, -0.2) is 30.4 Å². The molecule has 0 radical (unpaired) electrons. The lowest BCUT2D eigenvalue weighted by atomic mass is 10.1. The maximum absolute atomic E-state index is 12.7. The molecule has 1 heterocycles. The predicted molar refractivity (Wildman–Crippen MR) is 73.5 cm³/mol. The van der Waals surface area contributed by atoms with Gasteiger partial charge < -0.3 is 10.2 Å². The van der Waals surface area contributed by atoms with E-state index in [9.17, 15) is 18.0 Å². The van der Waals surface area contributed by atoms with Crippen molar-refractivity contribution in [1.82, 2.24) is 10.2 Å². The van der Waals surface area contributed by atoms with Gasteiger partial charge in [-0.15, -0.1) is 0 Å². The van der Waals surface area contributed by atoms with Gasteiger partial charge in [0.1, 0.15) is 0 Å². The first-order valence-corrected chi connectivity index (χ1v) is 6.67. The van der Waals surface area contributed by atoms with Gasteiger partial charge in [-0.1, -0.05) is 24.3 Å². The van der Waals surface area contributed by atoms with Crippen LogP contribution in [0.15, 0.2) is 36.4 Å². The van der Waals surface area contributed by atoms with Crippen molar-refractivity contribution in [2.75, 3.05) is 13.6 Å². The lowest BCUT2D eigenvalue weighted by Crippen LogP contribution is -2.45. The molecule has 0 aromatic heterocycles. The van der Waals surface area contributed by atoms with Gasteiger partial charge in [-0.3, -0.25) is 4.79 Å². The highest BCUT2D eigenvalue weighted by Gasteiger charge is 2.30. The van der Waals surface area contributed by atoms with Gasteiger partial charge in [-0.2, -0.15) is 13.2 Å². The van der Waals surface area contributed by atoms with E-state index in [1.165, 1.54) is 11.0 Å². The number of carbonyl (C=O) groups excluding carboxylic acids is 1. The zero-order chi connectivity index (χ0) is 15.5. The Labute approximate surface area is 121 Å². The van der Waals surface area contributed by atoms with Crippen molar-refractivity contribution in [3.63, 3.8) is 0 Å². The SMILES string of the molecule is CN(Cc1cccc(C(F)(F)F)c1)C(=O)C1CC=CCN1.